The van der Waals surface area contributed by atoms with E-state index >= 15 is 0 Å². The molecule has 0 spiro atoms. The predicted molar refractivity (Wildman–Crippen MR) is 102 cm³/mol. The van der Waals surface area contributed by atoms with Crippen molar-refractivity contribution >= 4 is 17.2 Å². The Kier molecular flexibility index (Phi) is 5.00. The summed E-state index contributed by atoms with van der Waals surface area (Å²) in [5, 5.41) is 5.93. The molecule has 4 rings (SSSR count). The molecule has 1 aromatic carbocycles. The number of nitrogens with zero attached hydrogens (tertiary/aromatic N) is 4. The Morgan fingerprint density at radius 3 is 3.11 bits per heavy atom. The van der Waals surface area contributed by atoms with E-state index in [1.807, 2.05) is 34.2 Å². The van der Waals surface area contributed by atoms with E-state index in [2.05, 4.69) is 15.3 Å². The molecule has 0 radical (unpaired) electrons. The minimum atomic E-state index is -0.293. The zero-order valence-electron chi connectivity index (χ0n) is 14.9. The predicted octanol–water partition coefficient (Wildman–Crippen LogP) is 2.40. The molecule has 8 heteroatoms. The number of hydrogen-bond donors (Lipinski definition) is 1. The molecular weight excluding hydrogens is 365 g/mol. The number of aryl methyl sites for hydroxylation is 1. The largest absolute Gasteiger partial charge is 0.336 e. The Bertz CT molecular complexity index is 953. The second-order valence-corrected chi connectivity index (χ2v) is 7.39. The summed E-state index contributed by atoms with van der Waals surface area (Å²) in [7, 11) is 1.94. The quantitative estimate of drug-likeness (QED) is 0.749. The maximum absolute atomic E-state index is 13.4. The topological polar surface area (TPSA) is 63.1 Å². The number of thiazole rings is 1. The van der Waals surface area contributed by atoms with Crippen LogP contribution < -0.4 is 5.32 Å². The molecule has 1 N–H and O–H groups in total. The molecule has 2 aromatic heterocycles. The fourth-order valence-electron chi connectivity index (χ4n) is 3.33. The van der Waals surface area contributed by atoms with Crippen molar-refractivity contribution in [2.24, 2.45) is 7.05 Å². The van der Waals surface area contributed by atoms with Gasteiger partial charge in [0, 0.05) is 50.0 Å². The number of hydrogen-bond acceptors (Lipinski definition) is 5. The first-order valence-corrected chi connectivity index (χ1v) is 9.67. The van der Waals surface area contributed by atoms with Crippen molar-refractivity contribution in [3.8, 4) is 10.6 Å². The fourth-order valence-corrected chi connectivity index (χ4v) is 4.15. The van der Waals surface area contributed by atoms with Gasteiger partial charge in [-0.2, -0.15) is 0 Å². The number of benzene rings is 1. The minimum Gasteiger partial charge on any atom is -0.336 e. The number of piperazine rings is 1. The number of rotatable bonds is 4. The lowest BCUT2D eigenvalue weighted by Gasteiger charge is -2.35. The van der Waals surface area contributed by atoms with Crippen LogP contribution in [0, 0.1) is 5.82 Å². The number of amides is 1. The van der Waals surface area contributed by atoms with Crippen molar-refractivity contribution < 1.29 is 9.18 Å². The molecule has 0 aliphatic carbocycles. The van der Waals surface area contributed by atoms with Gasteiger partial charge in [-0.1, -0.05) is 12.1 Å². The molecule has 1 fully saturated rings. The van der Waals surface area contributed by atoms with E-state index in [1.165, 1.54) is 23.5 Å². The van der Waals surface area contributed by atoms with Crippen LogP contribution in [-0.2, 0) is 18.3 Å². The van der Waals surface area contributed by atoms with Crippen LogP contribution in [0.1, 0.15) is 17.6 Å². The molecule has 1 aliphatic rings. The van der Waals surface area contributed by atoms with Gasteiger partial charge in [-0.25, -0.2) is 14.4 Å². The van der Waals surface area contributed by atoms with Crippen LogP contribution >= 0.6 is 11.3 Å². The highest BCUT2D eigenvalue weighted by molar-refractivity contribution is 7.13. The van der Waals surface area contributed by atoms with E-state index in [4.69, 9.17) is 0 Å². The summed E-state index contributed by atoms with van der Waals surface area (Å²) < 4.78 is 15.4. The summed E-state index contributed by atoms with van der Waals surface area (Å²) in [6, 6.07) is 6.25. The van der Waals surface area contributed by atoms with E-state index in [0.717, 1.165) is 22.9 Å². The molecule has 1 atom stereocenters. The second-order valence-electron chi connectivity index (χ2n) is 6.53. The molecular formula is C19H20FN5OS. The van der Waals surface area contributed by atoms with E-state index < -0.39 is 0 Å². The summed E-state index contributed by atoms with van der Waals surface area (Å²) in [6.07, 6.45) is 3.86. The molecule has 3 aromatic rings. The van der Waals surface area contributed by atoms with Crippen LogP contribution in [-0.4, -0.2) is 45.0 Å². The van der Waals surface area contributed by atoms with Crippen LogP contribution in [0.15, 0.2) is 42.0 Å². The molecule has 1 saturated heterocycles. The number of imidazole rings is 1. The SMILES string of the molecule is Cn1ccnc1C1CNCCN1C(=O)Cc1csc(-c2cccc(F)c2)n1. The third kappa shape index (κ3) is 3.77. The summed E-state index contributed by atoms with van der Waals surface area (Å²) in [5.41, 5.74) is 1.44. The lowest BCUT2D eigenvalue weighted by Crippen LogP contribution is -2.49. The third-order valence-electron chi connectivity index (χ3n) is 4.68. The van der Waals surface area contributed by atoms with Gasteiger partial charge in [0.1, 0.15) is 22.7 Å². The maximum atomic E-state index is 13.4. The van der Waals surface area contributed by atoms with Gasteiger partial charge >= 0.3 is 0 Å². The van der Waals surface area contributed by atoms with Crippen LogP contribution in [0.2, 0.25) is 0 Å². The normalized spacial score (nSPS) is 17.3. The number of aromatic nitrogens is 3. The Labute approximate surface area is 160 Å². The molecule has 1 aliphatic heterocycles. The van der Waals surface area contributed by atoms with E-state index in [-0.39, 0.29) is 24.2 Å². The van der Waals surface area contributed by atoms with Crippen LogP contribution in [0.5, 0.6) is 0 Å². The zero-order chi connectivity index (χ0) is 18.8. The maximum Gasteiger partial charge on any atom is 0.229 e. The van der Waals surface area contributed by atoms with Gasteiger partial charge in [0.2, 0.25) is 5.91 Å². The summed E-state index contributed by atoms with van der Waals surface area (Å²) >= 11 is 1.42. The Morgan fingerprint density at radius 2 is 2.33 bits per heavy atom. The number of nitrogens with one attached hydrogen (secondary N) is 1. The Balaban J connectivity index is 1.50. The van der Waals surface area contributed by atoms with Crippen molar-refractivity contribution in [2.45, 2.75) is 12.5 Å². The van der Waals surface area contributed by atoms with Crippen molar-refractivity contribution in [2.75, 3.05) is 19.6 Å². The molecule has 6 nitrogen and oxygen atoms in total. The standard InChI is InChI=1S/C19H20FN5OS/c1-24-7-6-22-18(24)16-11-21-5-8-25(16)17(26)10-15-12-27-19(23-15)13-3-2-4-14(20)9-13/h2-4,6-7,9,12,16,21H,5,8,10-11H2,1H3. The van der Waals surface area contributed by atoms with Gasteiger partial charge in [-0.15, -0.1) is 11.3 Å². The smallest absolute Gasteiger partial charge is 0.229 e. The molecule has 0 bridgehead atoms. The lowest BCUT2D eigenvalue weighted by atomic mass is 10.1. The van der Waals surface area contributed by atoms with Crippen molar-refractivity contribution in [3.05, 3.63) is 59.4 Å². The summed E-state index contributed by atoms with van der Waals surface area (Å²) in [4.78, 5) is 23.8. The highest BCUT2D eigenvalue weighted by Gasteiger charge is 2.30. The van der Waals surface area contributed by atoms with Crippen molar-refractivity contribution in [3.63, 3.8) is 0 Å². The summed E-state index contributed by atoms with van der Waals surface area (Å²) in [6.45, 7) is 2.08. The monoisotopic (exact) mass is 385 g/mol. The van der Waals surface area contributed by atoms with Crippen molar-refractivity contribution in [1.29, 1.82) is 0 Å². The molecule has 1 amide bonds. The molecule has 1 unspecified atom stereocenters. The zero-order valence-corrected chi connectivity index (χ0v) is 15.7. The van der Waals surface area contributed by atoms with Crippen molar-refractivity contribution in [1.82, 2.24) is 24.8 Å². The Morgan fingerprint density at radius 1 is 1.44 bits per heavy atom. The average Bonchev–Trinajstić information content (AvgIpc) is 3.31. The molecule has 27 heavy (non-hydrogen) atoms. The molecule has 0 saturated carbocycles. The fraction of sp³-hybridized carbons (Fsp3) is 0.316. The summed E-state index contributed by atoms with van der Waals surface area (Å²) in [5.74, 6) is 0.605. The van der Waals surface area contributed by atoms with E-state index in [0.29, 0.717) is 18.8 Å². The first kappa shape index (κ1) is 17.8. The van der Waals surface area contributed by atoms with Crippen LogP contribution in [0.4, 0.5) is 4.39 Å². The van der Waals surface area contributed by atoms with Crippen LogP contribution in [0.3, 0.4) is 0 Å². The second kappa shape index (κ2) is 7.58. The molecule has 140 valence electrons. The lowest BCUT2D eigenvalue weighted by molar-refractivity contribution is -0.134. The van der Waals surface area contributed by atoms with Gasteiger partial charge < -0.3 is 14.8 Å². The number of carbonyl (C=O) groups excluding carboxylic acids is 1. The highest BCUT2D eigenvalue weighted by Crippen LogP contribution is 2.26. The van der Waals surface area contributed by atoms with E-state index in [9.17, 15) is 9.18 Å². The number of halogens is 1. The van der Waals surface area contributed by atoms with Gasteiger partial charge in [-0.3, -0.25) is 4.79 Å². The molecule has 3 heterocycles. The van der Waals surface area contributed by atoms with Crippen LogP contribution in [0.25, 0.3) is 10.6 Å². The van der Waals surface area contributed by atoms with Gasteiger partial charge in [0.15, 0.2) is 0 Å². The highest BCUT2D eigenvalue weighted by atomic mass is 32.1. The Hall–Kier alpha value is -2.58. The van der Waals surface area contributed by atoms with Gasteiger partial charge in [0.05, 0.1) is 12.1 Å². The minimum absolute atomic E-state index is 0.0283. The first-order chi connectivity index (χ1) is 13.1. The number of carbonyl (C=O) groups is 1. The first-order valence-electron chi connectivity index (χ1n) is 8.79. The average molecular weight is 385 g/mol. The van der Waals surface area contributed by atoms with E-state index in [1.54, 1.807) is 12.3 Å². The van der Waals surface area contributed by atoms with Gasteiger partial charge in [-0.05, 0) is 12.1 Å². The van der Waals surface area contributed by atoms with Gasteiger partial charge in [0.25, 0.3) is 0 Å². The third-order valence-corrected chi connectivity index (χ3v) is 5.62.